The van der Waals surface area contributed by atoms with E-state index in [1.165, 1.54) is 6.07 Å². The number of imidazole rings is 1. The summed E-state index contributed by atoms with van der Waals surface area (Å²) in [5, 5.41) is 0.116. The Morgan fingerprint density at radius 1 is 1.19 bits per heavy atom. The molecule has 21 heavy (non-hydrogen) atoms. The SMILES string of the molecule is Fc1ccc(Cn2c(CCl)nc3ccc(Br)cc32)cc1Cl. The first kappa shape index (κ1) is 14.8. The van der Waals surface area contributed by atoms with Crippen LogP contribution in [-0.2, 0) is 12.4 Å². The van der Waals surface area contributed by atoms with Crippen LogP contribution in [0.4, 0.5) is 4.39 Å². The van der Waals surface area contributed by atoms with Crippen LogP contribution in [0, 0.1) is 5.82 Å². The predicted octanol–water partition coefficient (Wildman–Crippen LogP) is 5.38. The first-order valence-corrected chi connectivity index (χ1v) is 7.93. The minimum atomic E-state index is -0.420. The summed E-state index contributed by atoms with van der Waals surface area (Å²) in [6.07, 6.45) is 0. The topological polar surface area (TPSA) is 17.8 Å². The molecule has 0 saturated carbocycles. The largest absolute Gasteiger partial charge is 0.322 e. The predicted molar refractivity (Wildman–Crippen MR) is 87.5 cm³/mol. The molecule has 0 saturated heterocycles. The van der Waals surface area contributed by atoms with Crippen molar-refractivity contribution in [2.24, 2.45) is 0 Å². The fourth-order valence-corrected chi connectivity index (χ4v) is 3.00. The summed E-state index contributed by atoms with van der Waals surface area (Å²) >= 11 is 15.3. The van der Waals surface area contributed by atoms with Gasteiger partial charge in [0.15, 0.2) is 0 Å². The van der Waals surface area contributed by atoms with Crippen molar-refractivity contribution in [2.75, 3.05) is 0 Å². The summed E-state index contributed by atoms with van der Waals surface area (Å²) in [5.41, 5.74) is 2.74. The Morgan fingerprint density at radius 3 is 2.71 bits per heavy atom. The van der Waals surface area contributed by atoms with E-state index in [2.05, 4.69) is 20.9 Å². The fraction of sp³-hybridized carbons (Fsp3) is 0.133. The summed E-state index contributed by atoms with van der Waals surface area (Å²) in [5.74, 6) is 0.655. The minimum absolute atomic E-state index is 0.116. The normalized spacial score (nSPS) is 11.2. The molecule has 2 aromatic carbocycles. The van der Waals surface area contributed by atoms with Gasteiger partial charge in [-0.1, -0.05) is 33.6 Å². The Morgan fingerprint density at radius 2 is 2.00 bits per heavy atom. The van der Waals surface area contributed by atoms with Gasteiger partial charge in [0, 0.05) is 11.0 Å². The maximum atomic E-state index is 13.3. The Labute approximate surface area is 139 Å². The van der Waals surface area contributed by atoms with Crippen molar-refractivity contribution < 1.29 is 4.39 Å². The monoisotopic (exact) mass is 386 g/mol. The van der Waals surface area contributed by atoms with Gasteiger partial charge >= 0.3 is 0 Å². The van der Waals surface area contributed by atoms with Crippen molar-refractivity contribution in [3.8, 4) is 0 Å². The number of nitrogens with zero attached hydrogens (tertiary/aromatic N) is 2. The van der Waals surface area contributed by atoms with Crippen molar-refractivity contribution in [1.82, 2.24) is 9.55 Å². The summed E-state index contributed by atoms with van der Waals surface area (Å²) in [7, 11) is 0. The lowest BCUT2D eigenvalue weighted by atomic mass is 10.2. The van der Waals surface area contributed by atoms with Gasteiger partial charge in [-0.2, -0.15) is 0 Å². The van der Waals surface area contributed by atoms with E-state index in [9.17, 15) is 4.39 Å². The second-order valence-corrected chi connectivity index (χ2v) is 6.22. The molecule has 108 valence electrons. The maximum Gasteiger partial charge on any atom is 0.141 e. The third kappa shape index (κ3) is 2.93. The Kier molecular flexibility index (Phi) is 4.20. The number of alkyl halides is 1. The van der Waals surface area contributed by atoms with Crippen molar-refractivity contribution in [1.29, 1.82) is 0 Å². The second-order valence-electron chi connectivity index (χ2n) is 4.63. The zero-order valence-electron chi connectivity index (χ0n) is 10.8. The average Bonchev–Trinajstić information content (AvgIpc) is 2.80. The van der Waals surface area contributed by atoms with E-state index in [1.807, 2.05) is 22.8 Å². The molecule has 0 N–H and O–H groups in total. The Balaban J connectivity index is 2.09. The first-order valence-electron chi connectivity index (χ1n) is 6.23. The molecule has 3 rings (SSSR count). The summed E-state index contributed by atoms with van der Waals surface area (Å²) in [4.78, 5) is 4.51. The summed E-state index contributed by atoms with van der Waals surface area (Å²) in [6, 6.07) is 10.6. The van der Waals surface area contributed by atoms with Crippen LogP contribution in [0.15, 0.2) is 40.9 Å². The average molecular weight is 388 g/mol. The van der Waals surface area contributed by atoms with E-state index in [0.717, 1.165) is 26.9 Å². The van der Waals surface area contributed by atoms with Crippen molar-refractivity contribution in [2.45, 2.75) is 12.4 Å². The molecule has 1 aromatic heterocycles. The van der Waals surface area contributed by atoms with E-state index in [1.54, 1.807) is 12.1 Å². The van der Waals surface area contributed by atoms with Crippen LogP contribution in [0.5, 0.6) is 0 Å². The van der Waals surface area contributed by atoms with Gasteiger partial charge < -0.3 is 4.57 Å². The summed E-state index contributed by atoms with van der Waals surface area (Å²) in [6.45, 7) is 0.537. The molecule has 0 amide bonds. The van der Waals surface area contributed by atoms with Gasteiger partial charge in [0.05, 0.1) is 21.9 Å². The van der Waals surface area contributed by atoms with E-state index < -0.39 is 5.82 Å². The maximum absolute atomic E-state index is 13.3. The van der Waals surface area contributed by atoms with Crippen LogP contribution < -0.4 is 0 Å². The molecule has 6 heteroatoms. The minimum Gasteiger partial charge on any atom is -0.322 e. The quantitative estimate of drug-likeness (QED) is 0.551. The molecule has 0 aliphatic heterocycles. The zero-order valence-corrected chi connectivity index (χ0v) is 13.9. The molecular weight excluding hydrogens is 378 g/mol. The molecule has 1 heterocycles. The molecule has 2 nitrogen and oxygen atoms in total. The van der Waals surface area contributed by atoms with E-state index >= 15 is 0 Å². The lowest BCUT2D eigenvalue weighted by Crippen LogP contribution is -2.04. The second kappa shape index (κ2) is 5.95. The number of hydrogen-bond donors (Lipinski definition) is 0. The molecule has 0 fully saturated rings. The van der Waals surface area contributed by atoms with Gasteiger partial charge in [0.1, 0.15) is 11.6 Å². The fourth-order valence-electron chi connectivity index (χ4n) is 2.24. The molecule has 3 aromatic rings. The number of rotatable bonds is 3. The van der Waals surface area contributed by atoms with Crippen LogP contribution in [0.2, 0.25) is 5.02 Å². The smallest absolute Gasteiger partial charge is 0.141 e. The third-order valence-corrected chi connectivity index (χ3v) is 4.26. The molecule has 0 atom stereocenters. The number of hydrogen-bond acceptors (Lipinski definition) is 1. The van der Waals surface area contributed by atoms with Gasteiger partial charge in [-0.15, -0.1) is 11.6 Å². The molecule has 0 unspecified atom stereocenters. The van der Waals surface area contributed by atoms with E-state index in [0.29, 0.717) is 12.4 Å². The molecule has 0 aliphatic carbocycles. The van der Waals surface area contributed by atoms with Gasteiger partial charge in [0.2, 0.25) is 0 Å². The van der Waals surface area contributed by atoms with Crippen LogP contribution in [-0.4, -0.2) is 9.55 Å². The highest BCUT2D eigenvalue weighted by Gasteiger charge is 2.11. The van der Waals surface area contributed by atoms with Crippen LogP contribution >= 0.6 is 39.1 Å². The molecular formula is C15H10BrCl2FN2. The lowest BCUT2D eigenvalue weighted by Gasteiger charge is -2.09. The van der Waals surface area contributed by atoms with Crippen LogP contribution in [0.1, 0.15) is 11.4 Å². The highest BCUT2D eigenvalue weighted by Crippen LogP contribution is 2.24. The number of halogens is 4. The standard InChI is InChI=1S/C15H10BrCl2FN2/c16-10-2-4-13-14(6-10)21(15(7-17)20-13)8-9-1-3-12(19)11(18)5-9/h1-6H,7-8H2. The van der Waals surface area contributed by atoms with Crippen LogP contribution in [0.25, 0.3) is 11.0 Å². The highest BCUT2D eigenvalue weighted by molar-refractivity contribution is 9.10. The molecule has 0 radical (unpaired) electrons. The van der Waals surface area contributed by atoms with Crippen molar-refractivity contribution in [3.63, 3.8) is 0 Å². The van der Waals surface area contributed by atoms with Gasteiger partial charge in [0.25, 0.3) is 0 Å². The Bertz CT molecular complexity index is 817. The van der Waals surface area contributed by atoms with Crippen molar-refractivity contribution >= 4 is 50.2 Å². The number of aromatic nitrogens is 2. The van der Waals surface area contributed by atoms with E-state index in [4.69, 9.17) is 23.2 Å². The summed E-state index contributed by atoms with van der Waals surface area (Å²) < 4.78 is 16.2. The molecule has 0 spiro atoms. The highest BCUT2D eigenvalue weighted by atomic mass is 79.9. The van der Waals surface area contributed by atoms with Gasteiger partial charge in [-0.05, 0) is 35.9 Å². The first-order chi connectivity index (χ1) is 10.1. The number of fused-ring (bicyclic) bond motifs is 1. The van der Waals surface area contributed by atoms with Crippen LogP contribution in [0.3, 0.4) is 0 Å². The molecule has 0 bridgehead atoms. The van der Waals surface area contributed by atoms with Gasteiger partial charge in [-0.25, -0.2) is 9.37 Å². The van der Waals surface area contributed by atoms with Gasteiger partial charge in [-0.3, -0.25) is 0 Å². The third-order valence-electron chi connectivity index (χ3n) is 3.23. The number of benzene rings is 2. The Hall–Kier alpha value is -1.10. The molecule has 0 aliphatic rings. The lowest BCUT2D eigenvalue weighted by molar-refractivity contribution is 0.626. The van der Waals surface area contributed by atoms with Crippen molar-refractivity contribution in [3.05, 3.63) is 63.1 Å². The van der Waals surface area contributed by atoms with E-state index in [-0.39, 0.29) is 5.02 Å². The zero-order chi connectivity index (χ0) is 15.0.